The van der Waals surface area contributed by atoms with E-state index >= 15 is 0 Å². The first-order chi connectivity index (χ1) is 7.45. The Bertz CT molecular complexity index is 298. The van der Waals surface area contributed by atoms with E-state index in [1.165, 1.54) is 5.69 Å². The van der Waals surface area contributed by atoms with Crippen molar-refractivity contribution in [3.63, 3.8) is 0 Å². The zero-order valence-electron chi connectivity index (χ0n) is 8.69. The number of nitrogens with one attached hydrogen (secondary N) is 1. The van der Waals surface area contributed by atoms with Crippen LogP contribution in [0.15, 0.2) is 23.2 Å². The van der Waals surface area contributed by atoms with Gasteiger partial charge in [0.15, 0.2) is 0 Å². The fraction of sp³-hybridized carbons (Fsp3) is 0.545. The molecule has 1 atom stereocenters. The molecule has 1 unspecified atom stereocenters. The summed E-state index contributed by atoms with van der Waals surface area (Å²) < 4.78 is 5.46. The van der Waals surface area contributed by atoms with Gasteiger partial charge in [-0.15, -0.1) is 11.3 Å². The lowest BCUT2D eigenvalue weighted by atomic mass is 10.1. The maximum atomic E-state index is 5.46. The van der Waals surface area contributed by atoms with Crippen molar-refractivity contribution in [2.75, 3.05) is 13.1 Å². The number of rotatable bonds is 5. The lowest BCUT2D eigenvalue weighted by molar-refractivity contribution is 0.122. The van der Waals surface area contributed by atoms with Gasteiger partial charge in [-0.3, -0.25) is 0 Å². The third-order valence-corrected chi connectivity index (χ3v) is 3.07. The van der Waals surface area contributed by atoms with Crippen LogP contribution in [0.2, 0.25) is 0 Å². The average Bonchev–Trinajstić information content (AvgIpc) is 2.79. The molecule has 2 heterocycles. The van der Waals surface area contributed by atoms with Crippen LogP contribution in [0.25, 0.3) is 0 Å². The number of hydrogen-bond donors (Lipinski definition) is 1. The van der Waals surface area contributed by atoms with E-state index in [0.29, 0.717) is 6.10 Å². The molecule has 1 aromatic rings. The van der Waals surface area contributed by atoms with E-state index < -0.39 is 0 Å². The van der Waals surface area contributed by atoms with Crippen molar-refractivity contribution < 1.29 is 4.74 Å². The molecule has 15 heavy (non-hydrogen) atoms. The van der Waals surface area contributed by atoms with E-state index in [-0.39, 0.29) is 0 Å². The Hall–Kier alpha value is -0.870. The Labute approximate surface area is 94.2 Å². The summed E-state index contributed by atoms with van der Waals surface area (Å²) in [6, 6.07) is 0. The normalized spacial score (nSPS) is 20.1. The van der Waals surface area contributed by atoms with Gasteiger partial charge in [0, 0.05) is 24.9 Å². The lowest BCUT2D eigenvalue weighted by Gasteiger charge is -2.19. The third kappa shape index (κ3) is 3.64. The number of thiazole rings is 1. The average molecular weight is 224 g/mol. The van der Waals surface area contributed by atoms with E-state index in [9.17, 15) is 0 Å². The molecule has 1 aliphatic rings. The fourth-order valence-electron chi connectivity index (χ4n) is 1.58. The molecule has 0 bridgehead atoms. The third-order valence-electron chi connectivity index (χ3n) is 2.44. The number of allylic oxidation sites excluding steroid dienone is 1. The molecule has 0 spiro atoms. The molecule has 1 N–H and O–H groups in total. The van der Waals surface area contributed by atoms with Gasteiger partial charge in [0.05, 0.1) is 17.5 Å². The van der Waals surface area contributed by atoms with Gasteiger partial charge in [0.25, 0.3) is 0 Å². The van der Waals surface area contributed by atoms with Crippen LogP contribution in [0.5, 0.6) is 0 Å². The van der Waals surface area contributed by atoms with Crippen LogP contribution < -0.4 is 5.32 Å². The molecule has 0 fully saturated rings. The monoisotopic (exact) mass is 224 g/mol. The summed E-state index contributed by atoms with van der Waals surface area (Å²) in [5.41, 5.74) is 3.06. The van der Waals surface area contributed by atoms with Crippen molar-refractivity contribution in [3.05, 3.63) is 28.9 Å². The Balaban J connectivity index is 1.57. The van der Waals surface area contributed by atoms with Crippen molar-refractivity contribution in [3.8, 4) is 0 Å². The maximum Gasteiger partial charge on any atom is 0.110 e. The summed E-state index contributed by atoms with van der Waals surface area (Å²) in [7, 11) is 0. The number of hydrogen-bond acceptors (Lipinski definition) is 4. The number of aromatic nitrogens is 1. The Morgan fingerprint density at radius 1 is 1.60 bits per heavy atom. The fourth-order valence-corrected chi connectivity index (χ4v) is 2.17. The maximum absolute atomic E-state index is 5.46. The molecule has 2 rings (SSSR count). The minimum absolute atomic E-state index is 0.352. The van der Waals surface area contributed by atoms with Crippen LogP contribution in [0, 0.1) is 0 Å². The van der Waals surface area contributed by atoms with Crippen molar-refractivity contribution in [2.24, 2.45) is 0 Å². The second-order valence-corrected chi connectivity index (χ2v) is 4.36. The van der Waals surface area contributed by atoms with Gasteiger partial charge in [-0.2, -0.15) is 0 Å². The van der Waals surface area contributed by atoms with Gasteiger partial charge in [0.1, 0.15) is 6.10 Å². The first kappa shape index (κ1) is 10.6. The largest absolute Gasteiger partial charge is 0.497 e. The lowest BCUT2D eigenvalue weighted by Crippen LogP contribution is -2.30. The van der Waals surface area contributed by atoms with Crippen LogP contribution in [0.4, 0.5) is 0 Å². The SMILES string of the molecule is C1=COC(CNCCc2cscn2)CC1. The second-order valence-electron chi connectivity index (χ2n) is 3.64. The molecule has 0 radical (unpaired) electrons. The molecule has 0 aromatic carbocycles. The highest BCUT2D eigenvalue weighted by Crippen LogP contribution is 2.08. The molecule has 0 amide bonds. The van der Waals surface area contributed by atoms with Crippen LogP contribution in [-0.2, 0) is 11.2 Å². The van der Waals surface area contributed by atoms with Crippen LogP contribution >= 0.6 is 11.3 Å². The molecular formula is C11H16N2OS. The molecule has 1 aromatic heterocycles. The highest BCUT2D eigenvalue weighted by Gasteiger charge is 2.09. The van der Waals surface area contributed by atoms with Crippen molar-refractivity contribution >= 4 is 11.3 Å². The molecule has 1 aliphatic heterocycles. The molecule has 3 nitrogen and oxygen atoms in total. The molecular weight excluding hydrogens is 208 g/mol. The van der Waals surface area contributed by atoms with E-state index in [0.717, 1.165) is 32.4 Å². The van der Waals surface area contributed by atoms with Crippen molar-refractivity contribution in [1.82, 2.24) is 10.3 Å². The molecule has 82 valence electrons. The quantitative estimate of drug-likeness (QED) is 0.776. The Morgan fingerprint density at radius 2 is 2.60 bits per heavy atom. The van der Waals surface area contributed by atoms with Gasteiger partial charge in [-0.25, -0.2) is 4.98 Å². The van der Waals surface area contributed by atoms with Gasteiger partial charge in [-0.05, 0) is 18.9 Å². The van der Waals surface area contributed by atoms with Crippen molar-refractivity contribution in [2.45, 2.75) is 25.4 Å². The predicted octanol–water partition coefficient (Wildman–Crippen LogP) is 1.97. The highest BCUT2D eigenvalue weighted by atomic mass is 32.1. The first-order valence-electron chi connectivity index (χ1n) is 5.33. The summed E-state index contributed by atoms with van der Waals surface area (Å²) in [6.45, 7) is 1.92. The number of nitrogens with zero attached hydrogens (tertiary/aromatic N) is 1. The standard InChI is InChI=1S/C11H16N2OS/c1-2-6-14-11(3-1)7-12-5-4-10-8-15-9-13-10/h2,6,8-9,11-12H,1,3-5,7H2. The van der Waals surface area contributed by atoms with E-state index in [4.69, 9.17) is 4.74 Å². The minimum atomic E-state index is 0.352. The zero-order valence-corrected chi connectivity index (χ0v) is 9.50. The smallest absolute Gasteiger partial charge is 0.110 e. The van der Waals surface area contributed by atoms with Crippen LogP contribution in [-0.4, -0.2) is 24.2 Å². The highest BCUT2D eigenvalue weighted by molar-refractivity contribution is 7.07. The van der Waals surface area contributed by atoms with Gasteiger partial charge < -0.3 is 10.1 Å². The minimum Gasteiger partial charge on any atom is -0.497 e. The molecule has 0 aliphatic carbocycles. The molecule has 0 saturated heterocycles. The topological polar surface area (TPSA) is 34.1 Å². The van der Waals surface area contributed by atoms with Crippen LogP contribution in [0.1, 0.15) is 18.5 Å². The van der Waals surface area contributed by atoms with Crippen LogP contribution in [0.3, 0.4) is 0 Å². The molecule has 0 saturated carbocycles. The summed E-state index contributed by atoms with van der Waals surface area (Å²) >= 11 is 1.65. The Morgan fingerprint density at radius 3 is 3.33 bits per heavy atom. The first-order valence-corrected chi connectivity index (χ1v) is 6.27. The Kier molecular flexibility index (Phi) is 4.17. The van der Waals surface area contributed by atoms with Gasteiger partial charge in [-0.1, -0.05) is 0 Å². The number of ether oxygens (including phenoxy) is 1. The van der Waals surface area contributed by atoms with E-state index in [2.05, 4.69) is 21.8 Å². The summed E-state index contributed by atoms with van der Waals surface area (Å²) in [6.07, 6.45) is 7.51. The predicted molar refractivity (Wildman–Crippen MR) is 61.9 cm³/mol. The zero-order chi connectivity index (χ0) is 10.3. The van der Waals surface area contributed by atoms with Gasteiger partial charge in [0.2, 0.25) is 0 Å². The molecule has 4 heteroatoms. The summed E-state index contributed by atoms with van der Waals surface area (Å²) in [5, 5.41) is 5.50. The van der Waals surface area contributed by atoms with Crippen molar-refractivity contribution in [1.29, 1.82) is 0 Å². The van der Waals surface area contributed by atoms with E-state index in [1.807, 2.05) is 11.8 Å². The van der Waals surface area contributed by atoms with Gasteiger partial charge >= 0.3 is 0 Å². The summed E-state index contributed by atoms with van der Waals surface area (Å²) in [5.74, 6) is 0. The second kappa shape index (κ2) is 5.88. The van der Waals surface area contributed by atoms with E-state index in [1.54, 1.807) is 11.3 Å². The summed E-state index contributed by atoms with van der Waals surface area (Å²) in [4.78, 5) is 4.24.